The van der Waals surface area contributed by atoms with Gasteiger partial charge in [0.2, 0.25) is 0 Å². The van der Waals surface area contributed by atoms with Crippen LogP contribution >= 0.6 is 15.9 Å². The Bertz CT molecular complexity index is 506. The van der Waals surface area contributed by atoms with Crippen LogP contribution in [-0.4, -0.2) is 26.0 Å². The molecule has 4 nitrogen and oxygen atoms in total. The second-order valence-corrected chi connectivity index (χ2v) is 5.16. The van der Waals surface area contributed by atoms with Gasteiger partial charge in [0, 0.05) is 4.47 Å². The zero-order chi connectivity index (χ0) is 13.3. The fourth-order valence-corrected chi connectivity index (χ4v) is 2.32. The summed E-state index contributed by atoms with van der Waals surface area (Å²) in [5, 5.41) is 0. The molecule has 1 aromatic carbocycles. The lowest BCUT2D eigenvalue weighted by Crippen LogP contribution is -2.27. The van der Waals surface area contributed by atoms with Gasteiger partial charge in [0.15, 0.2) is 5.78 Å². The molecule has 1 saturated carbocycles. The van der Waals surface area contributed by atoms with Crippen LogP contribution < -0.4 is 4.74 Å². The van der Waals surface area contributed by atoms with Crippen molar-refractivity contribution in [2.75, 3.05) is 14.2 Å². The maximum Gasteiger partial charge on any atom is 0.319 e. The Kier molecular flexibility index (Phi) is 3.43. The van der Waals surface area contributed by atoms with Crippen molar-refractivity contribution in [2.24, 2.45) is 5.41 Å². The summed E-state index contributed by atoms with van der Waals surface area (Å²) in [5.74, 6) is -0.222. The summed E-state index contributed by atoms with van der Waals surface area (Å²) >= 11 is 3.31. The van der Waals surface area contributed by atoms with Crippen LogP contribution in [0.3, 0.4) is 0 Å². The van der Waals surface area contributed by atoms with Gasteiger partial charge in [0.25, 0.3) is 0 Å². The standard InChI is InChI=1S/C13H13BrO4/c1-17-10-4-3-8(14)7-9(10)11(15)13(5-6-13)12(16)18-2/h3-4,7H,5-6H2,1-2H3. The normalized spacial score (nSPS) is 15.9. The molecular weight excluding hydrogens is 300 g/mol. The molecule has 1 aromatic rings. The van der Waals surface area contributed by atoms with Crippen LogP contribution in [0.15, 0.2) is 22.7 Å². The highest BCUT2D eigenvalue weighted by Crippen LogP contribution is 2.50. The molecule has 0 aromatic heterocycles. The van der Waals surface area contributed by atoms with Crippen molar-refractivity contribution in [2.45, 2.75) is 12.8 Å². The van der Waals surface area contributed by atoms with Gasteiger partial charge in [-0.3, -0.25) is 9.59 Å². The molecule has 0 unspecified atom stereocenters. The molecule has 5 heteroatoms. The van der Waals surface area contributed by atoms with Gasteiger partial charge < -0.3 is 9.47 Å². The van der Waals surface area contributed by atoms with Crippen LogP contribution in [0.4, 0.5) is 0 Å². The van der Waals surface area contributed by atoms with E-state index in [1.54, 1.807) is 18.2 Å². The van der Waals surface area contributed by atoms with Crippen molar-refractivity contribution in [1.82, 2.24) is 0 Å². The Morgan fingerprint density at radius 2 is 1.94 bits per heavy atom. The molecule has 96 valence electrons. The van der Waals surface area contributed by atoms with E-state index in [4.69, 9.17) is 9.47 Å². The average molecular weight is 313 g/mol. The first-order chi connectivity index (χ1) is 8.55. The van der Waals surface area contributed by atoms with Crippen molar-refractivity contribution in [1.29, 1.82) is 0 Å². The summed E-state index contributed by atoms with van der Waals surface area (Å²) in [5.41, 5.74) is -0.585. The number of ether oxygens (including phenoxy) is 2. The highest BCUT2D eigenvalue weighted by molar-refractivity contribution is 9.10. The second kappa shape index (κ2) is 4.72. The zero-order valence-corrected chi connectivity index (χ0v) is 11.7. The number of carbonyl (C=O) groups is 2. The van der Waals surface area contributed by atoms with Crippen molar-refractivity contribution in [3.63, 3.8) is 0 Å². The summed E-state index contributed by atoms with van der Waals surface area (Å²) in [6.07, 6.45) is 1.07. The minimum atomic E-state index is -0.997. The van der Waals surface area contributed by atoms with Gasteiger partial charge >= 0.3 is 5.97 Å². The fourth-order valence-electron chi connectivity index (χ4n) is 1.96. The average Bonchev–Trinajstić information content (AvgIpc) is 3.18. The molecule has 0 radical (unpaired) electrons. The molecule has 0 N–H and O–H groups in total. The summed E-state index contributed by atoms with van der Waals surface area (Å²) in [7, 11) is 2.80. The molecule has 18 heavy (non-hydrogen) atoms. The Labute approximate surface area is 113 Å². The first-order valence-corrected chi connectivity index (χ1v) is 6.31. The minimum Gasteiger partial charge on any atom is -0.496 e. The number of esters is 1. The Balaban J connectivity index is 2.40. The number of carbonyl (C=O) groups excluding carboxylic acids is 2. The lowest BCUT2D eigenvalue weighted by atomic mass is 9.94. The molecule has 0 bridgehead atoms. The fraction of sp³-hybridized carbons (Fsp3) is 0.385. The number of Topliss-reactive ketones (excluding diaryl/α,β-unsaturated/α-hetero) is 1. The van der Waals surface area contributed by atoms with Crippen molar-refractivity contribution < 1.29 is 19.1 Å². The van der Waals surface area contributed by atoms with E-state index < -0.39 is 11.4 Å². The Hall–Kier alpha value is -1.36. The van der Waals surface area contributed by atoms with Gasteiger partial charge in [-0.15, -0.1) is 0 Å². The largest absolute Gasteiger partial charge is 0.496 e. The van der Waals surface area contributed by atoms with Crippen LogP contribution in [0.25, 0.3) is 0 Å². The van der Waals surface area contributed by atoms with Gasteiger partial charge in [-0.1, -0.05) is 15.9 Å². The lowest BCUT2D eigenvalue weighted by molar-refractivity contribution is -0.145. The van der Waals surface area contributed by atoms with E-state index in [2.05, 4.69) is 15.9 Å². The van der Waals surface area contributed by atoms with E-state index in [-0.39, 0.29) is 5.78 Å². The molecule has 0 aliphatic heterocycles. The van der Waals surface area contributed by atoms with Crippen LogP contribution in [0.2, 0.25) is 0 Å². The van der Waals surface area contributed by atoms with E-state index >= 15 is 0 Å². The Morgan fingerprint density at radius 3 is 2.44 bits per heavy atom. The first kappa shape index (κ1) is 13.1. The molecule has 2 rings (SSSR count). The van der Waals surface area contributed by atoms with E-state index in [9.17, 15) is 9.59 Å². The molecule has 0 saturated heterocycles. The number of hydrogen-bond donors (Lipinski definition) is 0. The topological polar surface area (TPSA) is 52.6 Å². The molecule has 1 fully saturated rings. The number of halogens is 1. The van der Waals surface area contributed by atoms with Crippen LogP contribution in [0.5, 0.6) is 5.75 Å². The number of ketones is 1. The van der Waals surface area contributed by atoms with Gasteiger partial charge in [0.05, 0.1) is 19.8 Å². The third-order valence-corrected chi connectivity index (χ3v) is 3.66. The lowest BCUT2D eigenvalue weighted by Gasteiger charge is -2.14. The molecule has 0 heterocycles. The van der Waals surface area contributed by atoms with Gasteiger partial charge in [-0.2, -0.15) is 0 Å². The summed E-state index contributed by atoms with van der Waals surface area (Å²) in [4.78, 5) is 24.2. The van der Waals surface area contributed by atoms with Gasteiger partial charge in [0.1, 0.15) is 11.2 Å². The van der Waals surface area contributed by atoms with Crippen molar-refractivity contribution in [3.05, 3.63) is 28.2 Å². The molecular formula is C13H13BrO4. The maximum absolute atomic E-state index is 12.5. The Morgan fingerprint density at radius 1 is 1.28 bits per heavy atom. The smallest absolute Gasteiger partial charge is 0.319 e. The van der Waals surface area contributed by atoms with Crippen molar-refractivity contribution in [3.8, 4) is 5.75 Å². The van der Waals surface area contributed by atoms with Gasteiger partial charge in [-0.05, 0) is 31.0 Å². The van der Waals surface area contributed by atoms with Crippen LogP contribution in [-0.2, 0) is 9.53 Å². The van der Waals surface area contributed by atoms with Crippen LogP contribution in [0, 0.1) is 5.41 Å². The highest BCUT2D eigenvalue weighted by Gasteiger charge is 2.58. The predicted octanol–water partition coefficient (Wildman–Crippen LogP) is 2.59. The third kappa shape index (κ3) is 2.03. The number of methoxy groups -OCH3 is 2. The minimum absolute atomic E-state index is 0.229. The second-order valence-electron chi connectivity index (χ2n) is 4.25. The number of benzene rings is 1. The van der Waals surface area contributed by atoms with Crippen molar-refractivity contribution >= 4 is 27.7 Å². The maximum atomic E-state index is 12.5. The molecule has 0 atom stereocenters. The third-order valence-electron chi connectivity index (χ3n) is 3.17. The SMILES string of the molecule is COC(=O)C1(C(=O)c2cc(Br)ccc2OC)CC1. The summed E-state index contributed by atoms with van der Waals surface area (Å²) in [6, 6.07) is 5.15. The quantitative estimate of drug-likeness (QED) is 0.487. The van der Waals surface area contributed by atoms with E-state index in [1.807, 2.05) is 0 Å². The van der Waals surface area contributed by atoms with E-state index in [1.165, 1.54) is 14.2 Å². The van der Waals surface area contributed by atoms with E-state index in [0.717, 1.165) is 4.47 Å². The first-order valence-electron chi connectivity index (χ1n) is 5.52. The molecule has 0 amide bonds. The summed E-state index contributed by atoms with van der Waals surface area (Å²) in [6.45, 7) is 0. The molecule has 1 aliphatic carbocycles. The van der Waals surface area contributed by atoms with Crippen LogP contribution in [0.1, 0.15) is 23.2 Å². The summed E-state index contributed by atoms with van der Waals surface area (Å²) < 4.78 is 10.6. The molecule has 0 spiro atoms. The monoisotopic (exact) mass is 312 g/mol. The van der Waals surface area contributed by atoms with E-state index in [0.29, 0.717) is 24.2 Å². The highest BCUT2D eigenvalue weighted by atomic mass is 79.9. The number of hydrogen-bond acceptors (Lipinski definition) is 4. The van der Waals surface area contributed by atoms with Gasteiger partial charge in [-0.25, -0.2) is 0 Å². The zero-order valence-electron chi connectivity index (χ0n) is 10.2. The number of rotatable bonds is 4. The molecule has 1 aliphatic rings. The predicted molar refractivity (Wildman–Crippen MR) is 68.7 cm³/mol.